The zero-order chi connectivity index (χ0) is 12.8. The van der Waals surface area contributed by atoms with Crippen molar-refractivity contribution >= 4 is 0 Å². The van der Waals surface area contributed by atoms with Crippen molar-refractivity contribution < 1.29 is 9.64 Å². The van der Waals surface area contributed by atoms with E-state index >= 15 is 0 Å². The van der Waals surface area contributed by atoms with Crippen LogP contribution in [0.15, 0.2) is 24.3 Å². The molecule has 2 heteroatoms. The molecule has 1 atom stereocenters. The lowest BCUT2D eigenvalue weighted by atomic mass is 9.99. The molecule has 1 N–H and O–H groups in total. The van der Waals surface area contributed by atoms with Gasteiger partial charge in [0.25, 0.3) is 0 Å². The van der Waals surface area contributed by atoms with Crippen LogP contribution in [0.25, 0.3) is 0 Å². The summed E-state index contributed by atoms with van der Waals surface area (Å²) in [7, 11) is 0. The summed E-state index contributed by atoms with van der Waals surface area (Å²) in [4.78, 5) is 1.70. The van der Waals surface area contributed by atoms with Gasteiger partial charge in [0, 0.05) is 12.8 Å². The van der Waals surface area contributed by atoms with Gasteiger partial charge in [0.05, 0.1) is 13.1 Å². The summed E-state index contributed by atoms with van der Waals surface area (Å²) in [6.07, 6.45) is 3.97. The van der Waals surface area contributed by atoms with E-state index in [9.17, 15) is 0 Å². The molecule has 2 rings (SSSR count). The number of likely N-dealkylation sites (tertiary alicyclic amines) is 1. The molecule has 1 fully saturated rings. The van der Waals surface area contributed by atoms with Gasteiger partial charge in [-0.05, 0) is 30.0 Å². The van der Waals surface area contributed by atoms with E-state index in [1.807, 2.05) is 0 Å². The van der Waals surface area contributed by atoms with E-state index in [0.717, 1.165) is 18.9 Å². The highest BCUT2D eigenvalue weighted by molar-refractivity contribution is 5.29. The zero-order valence-corrected chi connectivity index (χ0v) is 11.7. The van der Waals surface area contributed by atoms with E-state index < -0.39 is 0 Å². The number of rotatable bonds is 6. The lowest BCUT2D eigenvalue weighted by Crippen LogP contribution is -3.10. The van der Waals surface area contributed by atoms with E-state index in [-0.39, 0.29) is 0 Å². The molecule has 18 heavy (non-hydrogen) atoms. The van der Waals surface area contributed by atoms with Crippen molar-refractivity contribution in [3.8, 4) is 5.75 Å². The van der Waals surface area contributed by atoms with Crippen LogP contribution in [0, 0.1) is 0 Å². The van der Waals surface area contributed by atoms with Crippen molar-refractivity contribution in [2.45, 2.75) is 39.0 Å². The first-order chi connectivity index (χ1) is 8.79. The second kappa shape index (κ2) is 6.79. The van der Waals surface area contributed by atoms with Gasteiger partial charge in [-0.3, -0.25) is 0 Å². The summed E-state index contributed by atoms with van der Waals surface area (Å²) in [5.74, 6) is 1.66. The SMILES string of the molecule is CC[C@H](C)c1ccc(OCC[NH+]2CCCC2)cc1. The molecule has 0 spiro atoms. The first-order valence-corrected chi connectivity index (χ1v) is 7.36. The Balaban J connectivity index is 1.75. The molecule has 1 saturated heterocycles. The fourth-order valence-electron chi connectivity index (χ4n) is 2.57. The summed E-state index contributed by atoms with van der Waals surface area (Å²) in [5.41, 5.74) is 1.41. The number of benzene rings is 1. The van der Waals surface area contributed by atoms with Crippen molar-refractivity contribution in [1.82, 2.24) is 0 Å². The molecule has 1 aromatic carbocycles. The van der Waals surface area contributed by atoms with Gasteiger partial charge in [-0.15, -0.1) is 0 Å². The molecule has 0 amide bonds. The molecular weight excluding hydrogens is 222 g/mol. The Kier molecular flexibility index (Phi) is 5.06. The highest BCUT2D eigenvalue weighted by atomic mass is 16.5. The van der Waals surface area contributed by atoms with E-state index in [1.54, 1.807) is 4.90 Å². The lowest BCUT2D eigenvalue weighted by Gasteiger charge is -2.13. The Morgan fingerprint density at radius 2 is 1.83 bits per heavy atom. The molecule has 0 bridgehead atoms. The van der Waals surface area contributed by atoms with Crippen LogP contribution >= 0.6 is 0 Å². The number of nitrogens with one attached hydrogen (secondary N) is 1. The highest BCUT2D eigenvalue weighted by Crippen LogP contribution is 2.21. The minimum Gasteiger partial charge on any atom is -0.488 e. The van der Waals surface area contributed by atoms with Crippen LogP contribution in [0.3, 0.4) is 0 Å². The normalized spacial score (nSPS) is 17.9. The Hall–Kier alpha value is -1.02. The standard InChI is InChI=1S/C16H25NO/c1-3-14(2)15-6-8-16(9-7-15)18-13-12-17-10-4-5-11-17/h6-9,14H,3-5,10-13H2,1-2H3/p+1/t14-/m0/s1. The molecule has 0 saturated carbocycles. The van der Waals surface area contributed by atoms with Gasteiger partial charge in [0.2, 0.25) is 0 Å². The van der Waals surface area contributed by atoms with Crippen LogP contribution in [0.2, 0.25) is 0 Å². The van der Waals surface area contributed by atoms with Crippen molar-refractivity contribution in [2.24, 2.45) is 0 Å². The van der Waals surface area contributed by atoms with E-state index in [4.69, 9.17) is 4.74 Å². The summed E-state index contributed by atoms with van der Waals surface area (Å²) < 4.78 is 5.82. The fourth-order valence-corrected chi connectivity index (χ4v) is 2.57. The van der Waals surface area contributed by atoms with Crippen LogP contribution in [0.4, 0.5) is 0 Å². The Bertz CT molecular complexity index is 341. The van der Waals surface area contributed by atoms with Crippen molar-refractivity contribution in [3.05, 3.63) is 29.8 Å². The van der Waals surface area contributed by atoms with Gasteiger partial charge in [-0.25, -0.2) is 0 Å². The molecule has 1 aliphatic rings. The first kappa shape index (κ1) is 13.4. The van der Waals surface area contributed by atoms with Gasteiger partial charge in [0.1, 0.15) is 18.9 Å². The predicted molar refractivity (Wildman–Crippen MR) is 75.4 cm³/mol. The van der Waals surface area contributed by atoms with Crippen LogP contribution in [-0.4, -0.2) is 26.2 Å². The van der Waals surface area contributed by atoms with Crippen LogP contribution in [-0.2, 0) is 0 Å². The maximum atomic E-state index is 5.82. The van der Waals surface area contributed by atoms with Gasteiger partial charge in [-0.1, -0.05) is 26.0 Å². The van der Waals surface area contributed by atoms with Crippen LogP contribution < -0.4 is 9.64 Å². The monoisotopic (exact) mass is 248 g/mol. The number of quaternary nitrogens is 1. The van der Waals surface area contributed by atoms with Gasteiger partial charge in [-0.2, -0.15) is 0 Å². The molecular formula is C16H26NO+. The molecule has 0 aromatic heterocycles. The average Bonchev–Trinajstić information content (AvgIpc) is 2.92. The van der Waals surface area contributed by atoms with Gasteiger partial charge in [0.15, 0.2) is 0 Å². The Morgan fingerprint density at radius 3 is 2.44 bits per heavy atom. The van der Waals surface area contributed by atoms with Crippen LogP contribution in [0.5, 0.6) is 5.75 Å². The minimum absolute atomic E-state index is 0.646. The molecule has 0 aliphatic carbocycles. The quantitative estimate of drug-likeness (QED) is 0.815. The highest BCUT2D eigenvalue weighted by Gasteiger charge is 2.14. The van der Waals surface area contributed by atoms with Crippen molar-refractivity contribution in [2.75, 3.05) is 26.2 Å². The number of hydrogen-bond donors (Lipinski definition) is 1. The summed E-state index contributed by atoms with van der Waals surface area (Å²) >= 11 is 0. The summed E-state index contributed by atoms with van der Waals surface area (Å²) in [6.45, 7) is 9.15. The van der Waals surface area contributed by atoms with Gasteiger partial charge >= 0.3 is 0 Å². The smallest absolute Gasteiger partial charge is 0.137 e. The fraction of sp³-hybridized carbons (Fsp3) is 0.625. The summed E-state index contributed by atoms with van der Waals surface area (Å²) in [6, 6.07) is 8.63. The summed E-state index contributed by atoms with van der Waals surface area (Å²) in [5, 5.41) is 0. The Morgan fingerprint density at radius 1 is 1.17 bits per heavy atom. The molecule has 1 aliphatic heterocycles. The zero-order valence-electron chi connectivity index (χ0n) is 11.7. The molecule has 2 nitrogen and oxygen atoms in total. The molecule has 100 valence electrons. The lowest BCUT2D eigenvalue weighted by molar-refractivity contribution is -0.887. The molecule has 1 aromatic rings. The van der Waals surface area contributed by atoms with Gasteiger partial charge < -0.3 is 9.64 Å². The first-order valence-electron chi connectivity index (χ1n) is 7.36. The van der Waals surface area contributed by atoms with Crippen molar-refractivity contribution in [3.63, 3.8) is 0 Å². The average molecular weight is 248 g/mol. The van der Waals surface area contributed by atoms with E-state index in [1.165, 1.54) is 37.9 Å². The molecule has 0 unspecified atom stereocenters. The van der Waals surface area contributed by atoms with E-state index in [2.05, 4.69) is 38.1 Å². The topological polar surface area (TPSA) is 13.7 Å². The second-order valence-electron chi connectivity index (χ2n) is 5.43. The number of ether oxygens (including phenoxy) is 1. The second-order valence-corrected chi connectivity index (χ2v) is 5.43. The maximum Gasteiger partial charge on any atom is 0.137 e. The van der Waals surface area contributed by atoms with E-state index in [0.29, 0.717) is 5.92 Å². The third-order valence-electron chi connectivity index (χ3n) is 4.10. The minimum atomic E-state index is 0.646. The van der Waals surface area contributed by atoms with Crippen LogP contribution in [0.1, 0.15) is 44.6 Å². The maximum absolute atomic E-state index is 5.82. The number of hydrogen-bond acceptors (Lipinski definition) is 1. The Labute approximate surface area is 111 Å². The molecule has 0 radical (unpaired) electrons. The molecule has 1 heterocycles. The predicted octanol–water partition coefficient (Wildman–Crippen LogP) is 2.26. The largest absolute Gasteiger partial charge is 0.488 e. The third kappa shape index (κ3) is 3.74. The van der Waals surface area contributed by atoms with Crippen molar-refractivity contribution in [1.29, 1.82) is 0 Å². The third-order valence-corrected chi connectivity index (χ3v) is 4.10.